The second-order valence-corrected chi connectivity index (χ2v) is 11.4. The van der Waals surface area contributed by atoms with Gasteiger partial charge in [-0.1, -0.05) is 42.5 Å². The van der Waals surface area contributed by atoms with Crippen LogP contribution >= 0.6 is 0 Å². The molecule has 0 aliphatic carbocycles. The van der Waals surface area contributed by atoms with E-state index in [-0.39, 0.29) is 12.8 Å². The third-order valence-electron chi connectivity index (χ3n) is 5.58. The van der Waals surface area contributed by atoms with Crippen LogP contribution in [0, 0.1) is 11.6 Å². The highest BCUT2D eigenvalue weighted by molar-refractivity contribution is 7.88. The molecule has 3 aromatic carbocycles. The molecule has 0 aliphatic rings. The van der Waals surface area contributed by atoms with Crippen molar-refractivity contribution < 1.29 is 48.9 Å². The molecule has 13 heteroatoms. The van der Waals surface area contributed by atoms with E-state index < -0.39 is 62.1 Å². The van der Waals surface area contributed by atoms with Gasteiger partial charge >= 0.3 is 21.7 Å². The zero-order valence-corrected chi connectivity index (χ0v) is 22.9. The number of ketones is 1. The van der Waals surface area contributed by atoms with Gasteiger partial charge in [-0.05, 0) is 68.1 Å². The molecule has 0 radical (unpaired) electrons. The van der Waals surface area contributed by atoms with Crippen LogP contribution in [0.15, 0.2) is 66.7 Å². The molecule has 1 N–H and O–H groups in total. The summed E-state index contributed by atoms with van der Waals surface area (Å²) in [5, 5.41) is 2.66. The van der Waals surface area contributed by atoms with Crippen LogP contribution in [-0.4, -0.2) is 31.4 Å². The van der Waals surface area contributed by atoms with Crippen LogP contribution in [-0.2, 0) is 14.9 Å². The van der Waals surface area contributed by atoms with Crippen molar-refractivity contribution in [3.8, 4) is 16.9 Å². The maximum atomic E-state index is 14.1. The maximum Gasteiger partial charge on any atom is 0.534 e. The van der Waals surface area contributed by atoms with Gasteiger partial charge in [0, 0.05) is 6.42 Å². The summed E-state index contributed by atoms with van der Waals surface area (Å²) < 4.78 is 97.6. The number of Topliss-reactive ketones (excluding diaryl/α,β-unsaturated/α-hetero) is 1. The van der Waals surface area contributed by atoms with E-state index in [2.05, 4.69) is 9.50 Å². The number of carbonyl (C=O) groups is 2. The lowest BCUT2D eigenvalue weighted by Crippen LogP contribution is -2.35. The number of rotatable bonds is 9. The summed E-state index contributed by atoms with van der Waals surface area (Å²) >= 11 is 0. The monoisotopic (exact) mass is 599 g/mol. The number of benzene rings is 3. The molecule has 0 aromatic heterocycles. The molecule has 1 atom stereocenters. The van der Waals surface area contributed by atoms with Crippen molar-refractivity contribution in [2.75, 3.05) is 0 Å². The number of halogens is 5. The van der Waals surface area contributed by atoms with Crippen molar-refractivity contribution in [2.45, 2.75) is 50.8 Å². The number of nitrogens with one attached hydrogen (secondary N) is 1. The second kappa shape index (κ2) is 12.2. The summed E-state index contributed by atoms with van der Waals surface area (Å²) in [4.78, 5) is 25.1. The Morgan fingerprint density at radius 1 is 0.854 bits per heavy atom. The molecule has 0 heterocycles. The fourth-order valence-corrected chi connectivity index (χ4v) is 4.18. The Hall–Kier alpha value is -4.00. The summed E-state index contributed by atoms with van der Waals surface area (Å²) in [6.45, 7) is 4.99. The predicted octanol–water partition coefficient (Wildman–Crippen LogP) is 7.09. The van der Waals surface area contributed by atoms with Crippen molar-refractivity contribution in [2.24, 2.45) is 0 Å². The summed E-state index contributed by atoms with van der Waals surface area (Å²) in [7, 11) is -5.81. The van der Waals surface area contributed by atoms with Crippen LogP contribution < -0.4 is 9.50 Å². The molecule has 220 valence electrons. The Balaban J connectivity index is 1.80. The summed E-state index contributed by atoms with van der Waals surface area (Å²) in [5.74, 6) is -3.31. The van der Waals surface area contributed by atoms with Crippen LogP contribution in [0.2, 0.25) is 0 Å². The largest absolute Gasteiger partial charge is 0.534 e. The van der Waals surface area contributed by atoms with Crippen molar-refractivity contribution in [1.82, 2.24) is 5.32 Å². The van der Waals surface area contributed by atoms with Gasteiger partial charge in [0.05, 0.1) is 11.6 Å². The van der Waals surface area contributed by atoms with Gasteiger partial charge in [-0.25, -0.2) is 13.6 Å². The van der Waals surface area contributed by atoms with E-state index in [1.54, 1.807) is 45.0 Å². The molecule has 0 aliphatic heterocycles. The Bertz CT molecular complexity index is 1480. The zero-order chi connectivity index (χ0) is 30.6. The van der Waals surface area contributed by atoms with Gasteiger partial charge in [-0.2, -0.15) is 21.6 Å². The van der Waals surface area contributed by atoms with Gasteiger partial charge in [0.2, 0.25) is 0 Å². The molecular weight excluding hydrogens is 573 g/mol. The van der Waals surface area contributed by atoms with E-state index in [9.17, 15) is 40.0 Å². The predicted molar refractivity (Wildman–Crippen MR) is 140 cm³/mol. The Kier molecular flexibility index (Phi) is 9.42. The van der Waals surface area contributed by atoms with Crippen molar-refractivity contribution >= 4 is 22.0 Å². The number of ether oxygens (including phenoxy) is 1. The van der Waals surface area contributed by atoms with Gasteiger partial charge in [-0.3, -0.25) is 4.79 Å². The lowest BCUT2D eigenvalue weighted by Gasteiger charge is -2.24. The molecule has 0 saturated carbocycles. The quantitative estimate of drug-likeness (QED) is 0.122. The van der Waals surface area contributed by atoms with Gasteiger partial charge in [0.25, 0.3) is 0 Å². The first-order valence-electron chi connectivity index (χ1n) is 12.1. The molecule has 1 unspecified atom stereocenters. The second-order valence-electron chi connectivity index (χ2n) is 9.89. The molecule has 1 amide bonds. The lowest BCUT2D eigenvalue weighted by atomic mass is 9.96. The van der Waals surface area contributed by atoms with Gasteiger partial charge in [0.1, 0.15) is 23.0 Å². The van der Waals surface area contributed by atoms with E-state index in [1.807, 2.05) is 0 Å². The number of hydrogen-bond acceptors (Lipinski definition) is 6. The molecule has 0 fully saturated rings. The van der Waals surface area contributed by atoms with Crippen LogP contribution in [0.25, 0.3) is 11.1 Å². The normalized spacial score (nSPS) is 12.9. The van der Waals surface area contributed by atoms with Crippen LogP contribution in [0.5, 0.6) is 5.75 Å². The summed E-state index contributed by atoms with van der Waals surface area (Å²) in [5.41, 5.74) is -5.44. The molecule has 0 saturated heterocycles. The molecule has 0 spiro atoms. The first-order chi connectivity index (χ1) is 19.0. The Morgan fingerprint density at radius 3 is 1.85 bits per heavy atom. The zero-order valence-electron chi connectivity index (χ0n) is 22.1. The van der Waals surface area contributed by atoms with Crippen LogP contribution in [0.1, 0.15) is 55.6 Å². The summed E-state index contributed by atoms with van der Waals surface area (Å²) in [6.07, 6.45) is -1.10. The standard InChI is InChI=1S/C28H26F5NO6S/c1-27(2,3)39-26(36)34-23(15-16-24(35)25-21(29)5-4-6-22(25)30)19-9-7-17(8-10-19)18-11-13-20(14-12-18)40-41(37,38)28(31,32)33/h4-14,23H,15-16H2,1-3H3,(H,34,36). The van der Waals surface area contributed by atoms with E-state index in [0.717, 1.165) is 30.3 Å². The molecule has 7 nitrogen and oxygen atoms in total. The highest BCUT2D eigenvalue weighted by Crippen LogP contribution is 2.30. The average molecular weight is 600 g/mol. The smallest absolute Gasteiger partial charge is 0.444 e. The van der Waals surface area contributed by atoms with Crippen LogP contribution in [0.4, 0.5) is 26.7 Å². The minimum absolute atomic E-state index is 0.0229. The van der Waals surface area contributed by atoms with E-state index in [1.165, 1.54) is 12.1 Å². The molecule has 0 bridgehead atoms. The number of carbonyl (C=O) groups excluding carboxylic acids is 2. The molecule has 3 rings (SSSR count). The average Bonchev–Trinajstić information content (AvgIpc) is 2.85. The minimum atomic E-state index is -5.81. The topological polar surface area (TPSA) is 98.8 Å². The number of alkyl carbamates (subject to hydrolysis) is 1. The third kappa shape index (κ3) is 8.49. The van der Waals surface area contributed by atoms with Crippen molar-refractivity contribution in [3.05, 3.63) is 89.5 Å². The van der Waals surface area contributed by atoms with E-state index in [4.69, 9.17) is 4.74 Å². The third-order valence-corrected chi connectivity index (χ3v) is 6.56. The van der Waals surface area contributed by atoms with E-state index in [0.29, 0.717) is 16.7 Å². The first-order valence-corrected chi connectivity index (χ1v) is 13.6. The van der Waals surface area contributed by atoms with E-state index >= 15 is 0 Å². The summed E-state index contributed by atoms with van der Waals surface area (Å²) in [6, 6.07) is 13.6. The fourth-order valence-electron chi connectivity index (χ4n) is 3.72. The maximum absolute atomic E-state index is 14.1. The number of alkyl halides is 3. The molecular formula is C28H26F5NO6S. The molecule has 41 heavy (non-hydrogen) atoms. The fraction of sp³-hybridized carbons (Fsp3) is 0.286. The van der Waals surface area contributed by atoms with Gasteiger partial charge < -0.3 is 14.2 Å². The molecule has 3 aromatic rings. The highest BCUT2D eigenvalue weighted by atomic mass is 32.2. The Labute approximate surface area is 233 Å². The SMILES string of the molecule is CC(C)(C)OC(=O)NC(CCC(=O)c1c(F)cccc1F)c1ccc(-c2ccc(OS(=O)(=O)C(F)(F)F)cc2)cc1. The number of amides is 1. The van der Waals surface area contributed by atoms with Gasteiger partial charge in [-0.15, -0.1) is 0 Å². The van der Waals surface area contributed by atoms with Crippen LogP contribution in [0.3, 0.4) is 0 Å². The van der Waals surface area contributed by atoms with Gasteiger partial charge in [0.15, 0.2) is 5.78 Å². The highest BCUT2D eigenvalue weighted by Gasteiger charge is 2.48. The van der Waals surface area contributed by atoms with Crippen molar-refractivity contribution in [3.63, 3.8) is 0 Å². The first kappa shape index (κ1) is 31.5. The minimum Gasteiger partial charge on any atom is -0.444 e. The van der Waals surface area contributed by atoms with Crippen molar-refractivity contribution in [1.29, 1.82) is 0 Å². The Morgan fingerprint density at radius 2 is 1.37 bits per heavy atom. The number of hydrogen-bond donors (Lipinski definition) is 1. The lowest BCUT2D eigenvalue weighted by molar-refractivity contribution is -0.0500.